The standard InChI is InChI=1S/C15H22N4O/c1-10(2)18-3-5-19(6-4-18)14-9-13-11(7-12(14)16)8-15(20)17-13/h7,9-10H,3-6,8,16H2,1-2H3,(H,17,20). The summed E-state index contributed by atoms with van der Waals surface area (Å²) in [7, 11) is 0. The minimum absolute atomic E-state index is 0.0566. The number of nitrogens with zero attached hydrogens (tertiary/aromatic N) is 2. The van der Waals surface area contributed by atoms with Crippen LogP contribution in [0.25, 0.3) is 0 Å². The van der Waals surface area contributed by atoms with Crippen molar-refractivity contribution in [2.75, 3.05) is 42.1 Å². The molecule has 1 aromatic carbocycles. The zero-order valence-corrected chi connectivity index (χ0v) is 12.1. The Morgan fingerprint density at radius 1 is 1.20 bits per heavy atom. The zero-order chi connectivity index (χ0) is 14.3. The van der Waals surface area contributed by atoms with Gasteiger partial charge in [0.1, 0.15) is 0 Å². The van der Waals surface area contributed by atoms with Crippen molar-refractivity contribution in [3.05, 3.63) is 17.7 Å². The molecular weight excluding hydrogens is 252 g/mol. The van der Waals surface area contributed by atoms with Crippen LogP contribution in [-0.2, 0) is 11.2 Å². The van der Waals surface area contributed by atoms with E-state index in [0.29, 0.717) is 12.5 Å². The van der Waals surface area contributed by atoms with Crippen molar-refractivity contribution in [3.8, 4) is 0 Å². The highest BCUT2D eigenvalue weighted by molar-refractivity contribution is 6.00. The molecule has 0 radical (unpaired) electrons. The van der Waals surface area contributed by atoms with Crippen LogP contribution in [0.5, 0.6) is 0 Å². The number of carbonyl (C=O) groups is 1. The number of nitrogens with one attached hydrogen (secondary N) is 1. The number of benzene rings is 1. The molecule has 2 heterocycles. The fraction of sp³-hybridized carbons (Fsp3) is 0.533. The van der Waals surface area contributed by atoms with E-state index in [9.17, 15) is 4.79 Å². The lowest BCUT2D eigenvalue weighted by molar-refractivity contribution is -0.115. The van der Waals surface area contributed by atoms with Gasteiger partial charge in [-0.2, -0.15) is 0 Å². The van der Waals surface area contributed by atoms with Gasteiger partial charge >= 0.3 is 0 Å². The zero-order valence-electron chi connectivity index (χ0n) is 12.1. The van der Waals surface area contributed by atoms with Crippen LogP contribution in [0, 0.1) is 0 Å². The lowest BCUT2D eigenvalue weighted by Gasteiger charge is -2.38. The monoisotopic (exact) mass is 274 g/mol. The molecule has 5 nitrogen and oxygen atoms in total. The lowest BCUT2D eigenvalue weighted by atomic mass is 10.1. The molecule has 0 atom stereocenters. The number of piperazine rings is 1. The molecule has 2 aliphatic heterocycles. The molecule has 0 saturated carbocycles. The summed E-state index contributed by atoms with van der Waals surface area (Å²) in [5.41, 5.74) is 9.93. The molecule has 0 aromatic heterocycles. The largest absolute Gasteiger partial charge is 0.397 e. The summed E-state index contributed by atoms with van der Waals surface area (Å²) in [4.78, 5) is 16.2. The molecule has 0 spiro atoms. The highest BCUT2D eigenvalue weighted by Crippen LogP contribution is 2.34. The maximum atomic E-state index is 11.4. The smallest absolute Gasteiger partial charge is 0.228 e. The van der Waals surface area contributed by atoms with Gasteiger partial charge in [-0.25, -0.2) is 0 Å². The second kappa shape index (κ2) is 4.98. The first-order chi connectivity index (χ1) is 9.54. The average Bonchev–Trinajstić information content (AvgIpc) is 2.77. The summed E-state index contributed by atoms with van der Waals surface area (Å²) >= 11 is 0. The number of fused-ring (bicyclic) bond motifs is 1. The van der Waals surface area contributed by atoms with Crippen molar-refractivity contribution < 1.29 is 4.79 Å². The number of hydrogen-bond acceptors (Lipinski definition) is 4. The summed E-state index contributed by atoms with van der Waals surface area (Å²) in [5.74, 6) is 0.0566. The van der Waals surface area contributed by atoms with Gasteiger partial charge < -0.3 is 16.0 Å². The molecule has 2 aliphatic rings. The average molecular weight is 274 g/mol. The molecule has 20 heavy (non-hydrogen) atoms. The van der Waals surface area contributed by atoms with Crippen LogP contribution in [0.4, 0.5) is 17.1 Å². The van der Waals surface area contributed by atoms with E-state index >= 15 is 0 Å². The maximum Gasteiger partial charge on any atom is 0.228 e. The molecule has 5 heteroatoms. The van der Waals surface area contributed by atoms with Crippen LogP contribution in [0.3, 0.4) is 0 Å². The summed E-state index contributed by atoms with van der Waals surface area (Å²) in [6, 6.07) is 4.56. The SMILES string of the molecule is CC(C)N1CCN(c2cc3c(cc2N)CC(=O)N3)CC1. The third-order valence-corrected chi connectivity index (χ3v) is 4.26. The summed E-state index contributed by atoms with van der Waals surface area (Å²) in [5, 5.41) is 2.90. The van der Waals surface area contributed by atoms with E-state index in [-0.39, 0.29) is 5.91 Å². The molecule has 3 rings (SSSR count). The third-order valence-electron chi connectivity index (χ3n) is 4.26. The van der Waals surface area contributed by atoms with Gasteiger partial charge in [0.15, 0.2) is 0 Å². The number of hydrogen-bond donors (Lipinski definition) is 2. The van der Waals surface area contributed by atoms with Crippen LogP contribution >= 0.6 is 0 Å². The van der Waals surface area contributed by atoms with E-state index in [4.69, 9.17) is 5.73 Å². The first kappa shape index (κ1) is 13.2. The van der Waals surface area contributed by atoms with Crippen molar-refractivity contribution in [2.45, 2.75) is 26.3 Å². The molecule has 0 aliphatic carbocycles. The van der Waals surface area contributed by atoms with Crippen LogP contribution < -0.4 is 16.0 Å². The van der Waals surface area contributed by atoms with Gasteiger partial charge in [-0.15, -0.1) is 0 Å². The van der Waals surface area contributed by atoms with Gasteiger partial charge in [-0.3, -0.25) is 9.69 Å². The Balaban J connectivity index is 1.79. The topological polar surface area (TPSA) is 61.6 Å². The Kier molecular flexibility index (Phi) is 3.30. The Labute approximate surface area is 119 Å². The quantitative estimate of drug-likeness (QED) is 0.798. The van der Waals surface area contributed by atoms with Gasteiger partial charge in [0, 0.05) is 37.9 Å². The van der Waals surface area contributed by atoms with Gasteiger partial charge in [0.25, 0.3) is 0 Å². The van der Waals surface area contributed by atoms with Gasteiger partial charge in [0.05, 0.1) is 17.8 Å². The van der Waals surface area contributed by atoms with E-state index in [0.717, 1.165) is 48.8 Å². The first-order valence-corrected chi connectivity index (χ1v) is 7.26. The normalized spacial score (nSPS) is 19.4. The van der Waals surface area contributed by atoms with Crippen LogP contribution in [-0.4, -0.2) is 43.0 Å². The molecule has 3 N–H and O–H groups in total. The molecule has 1 aromatic rings. The predicted octanol–water partition coefficient (Wildman–Crippen LogP) is 1.29. The van der Waals surface area contributed by atoms with Crippen molar-refractivity contribution in [1.29, 1.82) is 0 Å². The summed E-state index contributed by atoms with van der Waals surface area (Å²) in [6.07, 6.45) is 0.445. The highest BCUT2D eigenvalue weighted by Gasteiger charge is 2.24. The molecule has 0 unspecified atom stereocenters. The van der Waals surface area contributed by atoms with E-state index in [1.54, 1.807) is 0 Å². The number of nitrogens with two attached hydrogens (primary N) is 1. The summed E-state index contributed by atoms with van der Waals surface area (Å²) < 4.78 is 0. The Bertz CT molecular complexity index is 533. The van der Waals surface area contributed by atoms with Crippen LogP contribution in [0.1, 0.15) is 19.4 Å². The minimum atomic E-state index is 0.0566. The van der Waals surface area contributed by atoms with Crippen molar-refractivity contribution in [1.82, 2.24) is 4.90 Å². The van der Waals surface area contributed by atoms with Crippen molar-refractivity contribution in [2.24, 2.45) is 0 Å². The van der Waals surface area contributed by atoms with E-state index < -0.39 is 0 Å². The van der Waals surface area contributed by atoms with Crippen LogP contribution in [0.2, 0.25) is 0 Å². The molecule has 108 valence electrons. The first-order valence-electron chi connectivity index (χ1n) is 7.26. The molecular formula is C15H22N4O. The van der Waals surface area contributed by atoms with E-state index in [2.05, 4.69) is 29.0 Å². The van der Waals surface area contributed by atoms with Gasteiger partial charge in [0.2, 0.25) is 5.91 Å². The number of amides is 1. The second-order valence-corrected chi connectivity index (χ2v) is 5.91. The maximum absolute atomic E-state index is 11.4. The van der Waals surface area contributed by atoms with Gasteiger partial charge in [-0.1, -0.05) is 0 Å². The number of anilines is 3. The van der Waals surface area contributed by atoms with Crippen LogP contribution in [0.15, 0.2) is 12.1 Å². The molecule has 1 fully saturated rings. The molecule has 1 saturated heterocycles. The summed E-state index contributed by atoms with van der Waals surface area (Å²) in [6.45, 7) is 8.54. The number of rotatable bonds is 2. The Hall–Kier alpha value is -1.75. The lowest BCUT2D eigenvalue weighted by Crippen LogP contribution is -2.49. The highest BCUT2D eigenvalue weighted by atomic mass is 16.1. The van der Waals surface area contributed by atoms with Crippen molar-refractivity contribution >= 4 is 23.0 Å². The Morgan fingerprint density at radius 2 is 1.90 bits per heavy atom. The van der Waals surface area contributed by atoms with Crippen molar-refractivity contribution in [3.63, 3.8) is 0 Å². The Morgan fingerprint density at radius 3 is 2.55 bits per heavy atom. The number of nitrogen functional groups attached to an aromatic ring is 1. The predicted molar refractivity (Wildman–Crippen MR) is 82.1 cm³/mol. The minimum Gasteiger partial charge on any atom is -0.397 e. The van der Waals surface area contributed by atoms with Gasteiger partial charge in [-0.05, 0) is 31.5 Å². The fourth-order valence-corrected chi connectivity index (χ4v) is 3.04. The van der Waals surface area contributed by atoms with E-state index in [1.807, 2.05) is 12.1 Å². The third kappa shape index (κ3) is 2.33. The number of carbonyl (C=O) groups excluding carboxylic acids is 1. The van der Waals surface area contributed by atoms with E-state index in [1.165, 1.54) is 0 Å². The fourth-order valence-electron chi connectivity index (χ4n) is 3.04. The second-order valence-electron chi connectivity index (χ2n) is 5.91. The molecule has 0 bridgehead atoms. The molecule has 1 amide bonds.